The summed E-state index contributed by atoms with van der Waals surface area (Å²) >= 11 is 0. The first-order valence-electron chi connectivity index (χ1n) is 5.84. The highest BCUT2D eigenvalue weighted by Crippen LogP contribution is 2.46. The van der Waals surface area contributed by atoms with E-state index in [1.807, 2.05) is 6.92 Å². The fourth-order valence-electron chi connectivity index (χ4n) is 1.94. The van der Waals surface area contributed by atoms with Crippen LogP contribution in [0, 0.1) is 5.92 Å². The average Bonchev–Trinajstić information content (AvgIpc) is 2.88. The minimum absolute atomic E-state index is 0.141. The second kappa shape index (κ2) is 4.55. The standard InChI is InChI=1S/C12H21NO4/c1-6-8-7-12(8,9(14)16-5)13-10(15)17-11(2,3)4/h8H,6-7H2,1-5H3,(H,13,15)/t8-,12-/m1/s1. The monoisotopic (exact) mass is 243 g/mol. The molecule has 1 aliphatic carbocycles. The minimum atomic E-state index is -0.869. The summed E-state index contributed by atoms with van der Waals surface area (Å²) in [5.74, 6) is -0.252. The van der Waals surface area contributed by atoms with Crippen LogP contribution in [0.2, 0.25) is 0 Å². The predicted octanol–water partition coefficient (Wildman–Crippen LogP) is 1.85. The van der Waals surface area contributed by atoms with Gasteiger partial charge in [-0.15, -0.1) is 0 Å². The van der Waals surface area contributed by atoms with E-state index in [0.29, 0.717) is 6.42 Å². The van der Waals surface area contributed by atoms with Gasteiger partial charge in [-0.2, -0.15) is 0 Å². The molecule has 0 aliphatic heterocycles. The molecule has 1 saturated carbocycles. The molecular formula is C12H21NO4. The molecule has 1 amide bonds. The van der Waals surface area contributed by atoms with Crippen molar-refractivity contribution in [3.05, 3.63) is 0 Å². The van der Waals surface area contributed by atoms with Gasteiger partial charge in [0.1, 0.15) is 11.1 Å². The van der Waals surface area contributed by atoms with E-state index in [1.165, 1.54) is 7.11 Å². The normalized spacial score (nSPS) is 27.2. The van der Waals surface area contributed by atoms with Gasteiger partial charge in [0.05, 0.1) is 7.11 Å². The number of carbonyl (C=O) groups excluding carboxylic acids is 2. The highest BCUT2D eigenvalue weighted by molar-refractivity contribution is 5.89. The van der Waals surface area contributed by atoms with Crippen molar-refractivity contribution in [2.75, 3.05) is 7.11 Å². The van der Waals surface area contributed by atoms with E-state index in [4.69, 9.17) is 9.47 Å². The molecule has 5 nitrogen and oxygen atoms in total. The number of nitrogens with one attached hydrogen (secondary N) is 1. The van der Waals surface area contributed by atoms with Crippen molar-refractivity contribution >= 4 is 12.1 Å². The molecule has 0 aromatic carbocycles. The number of carbonyl (C=O) groups is 2. The predicted molar refractivity (Wildman–Crippen MR) is 62.5 cm³/mol. The van der Waals surface area contributed by atoms with Crippen LogP contribution in [0.4, 0.5) is 4.79 Å². The van der Waals surface area contributed by atoms with Gasteiger partial charge in [0.15, 0.2) is 0 Å². The number of hydrogen-bond acceptors (Lipinski definition) is 4. The van der Waals surface area contributed by atoms with Gasteiger partial charge in [-0.3, -0.25) is 0 Å². The molecule has 0 spiro atoms. The van der Waals surface area contributed by atoms with Gasteiger partial charge in [-0.05, 0) is 33.1 Å². The zero-order valence-corrected chi connectivity index (χ0v) is 11.1. The Balaban J connectivity index is 2.64. The molecule has 1 rings (SSSR count). The summed E-state index contributed by atoms with van der Waals surface area (Å²) in [5.41, 5.74) is -1.44. The maximum absolute atomic E-state index is 11.7. The molecule has 1 fully saturated rings. The van der Waals surface area contributed by atoms with Crippen LogP contribution in [-0.2, 0) is 14.3 Å². The third kappa shape index (κ3) is 3.11. The lowest BCUT2D eigenvalue weighted by molar-refractivity contribution is -0.144. The second-order valence-corrected chi connectivity index (χ2v) is 5.40. The fourth-order valence-corrected chi connectivity index (χ4v) is 1.94. The van der Waals surface area contributed by atoms with Crippen LogP contribution in [0.3, 0.4) is 0 Å². The van der Waals surface area contributed by atoms with Crippen LogP contribution in [0.25, 0.3) is 0 Å². The van der Waals surface area contributed by atoms with Gasteiger partial charge in [0.25, 0.3) is 0 Å². The molecule has 0 radical (unpaired) electrons. The molecule has 98 valence electrons. The first-order valence-corrected chi connectivity index (χ1v) is 5.84. The fraction of sp³-hybridized carbons (Fsp3) is 0.833. The number of alkyl carbamates (subject to hydrolysis) is 1. The third-order valence-electron chi connectivity index (χ3n) is 2.87. The highest BCUT2D eigenvalue weighted by atomic mass is 16.6. The Morgan fingerprint density at radius 1 is 1.41 bits per heavy atom. The van der Waals surface area contributed by atoms with Crippen molar-refractivity contribution in [2.24, 2.45) is 5.92 Å². The number of methoxy groups -OCH3 is 1. The lowest BCUT2D eigenvalue weighted by atomic mass is 10.1. The summed E-state index contributed by atoms with van der Waals surface area (Å²) in [6.07, 6.45) is 0.874. The number of amides is 1. The second-order valence-electron chi connectivity index (χ2n) is 5.40. The van der Waals surface area contributed by atoms with E-state index >= 15 is 0 Å². The van der Waals surface area contributed by atoms with E-state index < -0.39 is 23.2 Å². The molecule has 1 N–H and O–H groups in total. The maximum atomic E-state index is 11.7. The molecular weight excluding hydrogens is 222 g/mol. The van der Waals surface area contributed by atoms with E-state index in [-0.39, 0.29) is 5.92 Å². The number of ether oxygens (including phenoxy) is 2. The molecule has 2 atom stereocenters. The van der Waals surface area contributed by atoms with Crippen LogP contribution in [-0.4, -0.2) is 30.3 Å². The van der Waals surface area contributed by atoms with Crippen molar-refractivity contribution in [1.82, 2.24) is 5.32 Å². The van der Waals surface area contributed by atoms with E-state index in [9.17, 15) is 9.59 Å². The zero-order chi connectivity index (χ0) is 13.3. The quantitative estimate of drug-likeness (QED) is 0.768. The van der Waals surface area contributed by atoms with Crippen molar-refractivity contribution in [1.29, 1.82) is 0 Å². The van der Waals surface area contributed by atoms with Gasteiger partial charge in [-0.1, -0.05) is 13.3 Å². The lowest BCUT2D eigenvalue weighted by Crippen LogP contribution is -2.47. The van der Waals surface area contributed by atoms with E-state index in [0.717, 1.165) is 6.42 Å². The highest BCUT2D eigenvalue weighted by Gasteiger charge is 2.61. The Morgan fingerprint density at radius 2 is 2.00 bits per heavy atom. The molecule has 0 bridgehead atoms. The van der Waals surface area contributed by atoms with Crippen molar-refractivity contribution in [3.63, 3.8) is 0 Å². The Morgan fingerprint density at radius 3 is 2.35 bits per heavy atom. The molecule has 5 heteroatoms. The zero-order valence-electron chi connectivity index (χ0n) is 11.1. The van der Waals surface area contributed by atoms with E-state index in [2.05, 4.69) is 5.32 Å². The van der Waals surface area contributed by atoms with Crippen molar-refractivity contribution in [2.45, 2.75) is 51.7 Å². The topological polar surface area (TPSA) is 64.6 Å². The van der Waals surface area contributed by atoms with Gasteiger partial charge in [-0.25, -0.2) is 9.59 Å². The molecule has 0 saturated heterocycles. The summed E-state index contributed by atoms with van der Waals surface area (Å²) in [7, 11) is 1.33. The SMILES string of the molecule is CC[C@@H]1C[C@]1(NC(=O)OC(C)(C)C)C(=O)OC. The number of rotatable bonds is 3. The Labute approximate surface area is 102 Å². The number of hydrogen-bond donors (Lipinski definition) is 1. The summed E-state index contributed by atoms with van der Waals surface area (Å²) in [6.45, 7) is 7.32. The molecule has 0 aromatic rings. The van der Waals surface area contributed by atoms with Gasteiger partial charge in [0.2, 0.25) is 0 Å². The largest absolute Gasteiger partial charge is 0.467 e. The first kappa shape index (κ1) is 13.8. The van der Waals surface area contributed by atoms with Crippen LogP contribution in [0.1, 0.15) is 40.5 Å². The van der Waals surface area contributed by atoms with Crippen molar-refractivity contribution in [3.8, 4) is 0 Å². The Hall–Kier alpha value is -1.26. The first-order chi connectivity index (χ1) is 7.75. The van der Waals surface area contributed by atoms with Crippen molar-refractivity contribution < 1.29 is 19.1 Å². The summed E-state index contributed by atoms with van der Waals surface area (Å²) in [4.78, 5) is 23.3. The average molecular weight is 243 g/mol. The molecule has 0 aromatic heterocycles. The molecule has 1 aliphatic rings. The maximum Gasteiger partial charge on any atom is 0.408 e. The summed E-state index contributed by atoms with van der Waals surface area (Å²) in [5, 5.41) is 2.64. The minimum Gasteiger partial charge on any atom is -0.467 e. The van der Waals surface area contributed by atoms with Gasteiger partial charge < -0.3 is 14.8 Å². The molecule has 0 heterocycles. The van der Waals surface area contributed by atoms with Gasteiger partial charge >= 0.3 is 12.1 Å². The number of esters is 1. The smallest absolute Gasteiger partial charge is 0.408 e. The summed E-state index contributed by atoms with van der Waals surface area (Å²) < 4.78 is 9.87. The Bertz CT molecular complexity index is 321. The molecule has 0 unspecified atom stereocenters. The van der Waals surface area contributed by atoms with Crippen LogP contribution in [0.5, 0.6) is 0 Å². The van der Waals surface area contributed by atoms with E-state index in [1.54, 1.807) is 20.8 Å². The Kier molecular flexibility index (Phi) is 3.69. The third-order valence-corrected chi connectivity index (χ3v) is 2.87. The van der Waals surface area contributed by atoms with Crippen LogP contribution >= 0.6 is 0 Å². The van der Waals surface area contributed by atoms with Crippen LogP contribution in [0.15, 0.2) is 0 Å². The van der Waals surface area contributed by atoms with Gasteiger partial charge in [0, 0.05) is 0 Å². The van der Waals surface area contributed by atoms with Crippen LogP contribution < -0.4 is 5.32 Å². The summed E-state index contributed by atoms with van der Waals surface area (Å²) in [6, 6.07) is 0. The lowest BCUT2D eigenvalue weighted by Gasteiger charge is -2.23. The molecule has 17 heavy (non-hydrogen) atoms.